The van der Waals surface area contributed by atoms with Crippen molar-refractivity contribution in [2.45, 2.75) is 32.8 Å². The molecule has 25 heavy (non-hydrogen) atoms. The molecule has 7 heteroatoms. The fraction of sp³-hybridized carbons (Fsp3) is 0.333. The number of rotatable bonds is 8. The highest BCUT2D eigenvalue weighted by molar-refractivity contribution is 5.66. The first-order chi connectivity index (χ1) is 11.9. The van der Waals surface area contributed by atoms with Crippen LogP contribution >= 0.6 is 0 Å². The third-order valence-electron chi connectivity index (χ3n) is 3.16. The van der Waals surface area contributed by atoms with E-state index in [0.29, 0.717) is 11.6 Å². The van der Waals surface area contributed by atoms with Crippen molar-refractivity contribution in [3.05, 3.63) is 42.0 Å². The van der Waals surface area contributed by atoms with Gasteiger partial charge >= 0.3 is 5.97 Å². The second kappa shape index (κ2) is 8.41. The smallest absolute Gasteiger partial charge is 0.303 e. The van der Waals surface area contributed by atoms with E-state index in [4.69, 9.17) is 14.6 Å². The first-order valence-corrected chi connectivity index (χ1v) is 7.84. The molecule has 0 aliphatic heterocycles. The quantitative estimate of drug-likeness (QED) is 0.727. The number of aromatic nitrogens is 1. The molecular weight excluding hydrogens is 332 g/mol. The zero-order valence-electron chi connectivity index (χ0n) is 14.0. The number of carbonyl (C=O) groups is 1. The molecule has 1 aromatic carbocycles. The SMILES string of the molecule is CC(C)Oc1cccc(-c2cc(F)c(OCCCC(=O)O)c(F)c2)n1. The molecule has 1 aromatic heterocycles. The Kier molecular flexibility index (Phi) is 6.27. The molecule has 2 aromatic rings. The Morgan fingerprint density at radius 1 is 1.24 bits per heavy atom. The summed E-state index contributed by atoms with van der Waals surface area (Å²) < 4.78 is 38.8. The van der Waals surface area contributed by atoms with Crippen LogP contribution in [0.4, 0.5) is 8.78 Å². The average molecular weight is 351 g/mol. The lowest BCUT2D eigenvalue weighted by molar-refractivity contribution is -0.137. The van der Waals surface area contributed by atoms with E-state index in [1.165, 1.54) is 0 Å². The van der Waals surface area contributed by atoms with E-state index in [0.717, 1.165) is 12.1 Å². The molecule has 0 bridgehead atoms. The van der Waals surface area contributed by atoms with Gasteiger partial charge in [0.25, 0.3) is 0 Å². The summed E-state index contributed by atoms with van der Waals surface area (Å²) in [5, 5.41) is 8.54. The van der Waals surface area contributed by atoms with Crippen molar-refractivity contribution < 1.29 is 28.2 Å². The van der Waals surface area contributed by atoms with Gasteiger partial charge in [-0.3, -0.25) is 4.79 Å². The molecule has 134 valence electrons. The predicted octanol–water partition coefficient (Wildman–Crippen LogP) is 4.06. The second-order valence-electron chi connectivity index (χ2n) is 5.64. The van der Waals surface area contributed by atoms with Gasteiger partial charge in [-0.25, -0.2) is 13.8 Å². The molecule has 1 N–H and O–H groups in total. The maximum absolute atomic E-state index is 14.2. The topological polar surface area (TPSA) is 68.7 Å². The number of ether oxygens (including phenoxy) is 2. The van der Waals surface area contributed by atoms with E-state index in [-0.39, 0.29) is 31.1 Å². The van der Waals surface area contributed by atoms with Crippen LogP contribution in [0.2, 0.25) is 0 Å². The molecule has 0 aliphatic rings. The molecule has 0 saturated carbocycles. The lowest BCUT2D eigenvalue weighted by Gasteiger charge is -2.12. The summed E-state index contributed by atoms with van der Waals surface area (Å²) in [5.41, 5.74) is 0.621. The van der Waals surface area contributed by atoms with Gasteiger partial charge in [-0.2, -0.15) is 0 Å². The molecule has 0 atom stereocenters. The lowest BCUT2D eigenvalue weighted by Crippen LogP contribution is -2.07. The van der Waals surface area contributed by atoms with Crippen LogP contribution in [0.3, 0.4) is 0 Å². The van der Waals surface area contributed by atoms with Crippen molar-refractivity contribution in [2.75, 3.05) is 6.61 Å². The molecule has 0 fully saturated rings. The highest BCUT2D eigenvalue weighted by Crippen LogP contribution is 2.29. The molecule has 0 radical (unpaired) electrons. The Hall–Kier alpha value is -2.70. The number of hydrogen-bond donors (Lipinski definition) is 1. The standard InChI is InChI=1S/C18H19F2NO4/c1-11(2)25-16-6-3-5-15(21-16)12-9-13(19)18(14(20)10-12)24-8-4-7-17(22)23/h3,5-6,9-11H,4,7-8H2,1-2H3,(H,22,23). The summed E-state index contributed by atoms with van der Waals surface area (Å²) in [6, 6.07) is 7.21. The summed E-state index contributed by atoms with van der Waals surface area (Å²) >= 11 is 0. The Morgan fingerprint density at radius 3 is 2.52 bits per heavy atom. The summed E-state index contributed by atoms with van der Waals surface area (Å²) in [4.78, 5) is 14.6. The molecule has 5 nitrogen and oxygen atoms in total. The van der Waals surface area contributed by atoms with Crippen molar-refractivity contribution in [1.82, 2.24) is 4.98 Å². The van der Waals surface area contributed by atoms with Crippen molar-refractivity contribution in [2.24, 2.45) is 0 Å². The maximum atomic E-state index is 14.2. The van der Waals surface area contributed by atoms with Crippen LogP contribution in [0.25, 0.3) is 11.3 Å². The van der Waals surface area contributed by atoms with Crippen LogP contribution in [0.1, 0.15) is 26.7 Å². The summed E-state index contributed by atoms with van der Waals surface area (Å²) in [6.07, 6.45) is -0.0437. The third-order valence-corrected chi connectivity index (χ3v) is 3.16. The number of carboxylic acid groups (broad SMARTS) is 1. The lowest BCUT2D eigenvalue weighted by atomic mass is 10.1. The van der Waals surface area contributed by atoms with E-state index in [2.05, 4.69) is 4.98 Å². The number of benzene rings is 1. The molecule has 0 amide bonds. The first kappa shape index (κ1) is 18.6. The van der Waals surface area contributed by atoms with Gasteiger partial charge < -0.3 is 14.6 Å². The normalized spacial score (nSPS) is 10.8. The van der Waals surface area contributed by atoms with Gasteiger partial charge in [0.05, 0.1) is 18.4 Å². The molecule has 0 spiro atoms. The predicted molar refractivity (Wildman–Crippen MR) is 87.7 cm³/mol. The highest BCUT2D eigenvalue weighted by atomic mass is 19.1. The number of halogens is 2. The van der Waals surface area contributed by atoms with Crippen LogP contribution in [0.15, 0.2) is 30.3 Å². The zero-order valence-corrected chi connectivity index (χ0v) is 14.0. The van der Waals surface area contributed by atoms with Crippen LogP contribution in [0.5, 0.6) is 11.6 Å². The summed E-state index contributed by atoms with van der Waals surface area (Å²) in [5.74, 6) is -2.90. The van der Waals surface area contributed by atoms with Crippen molar-refractivity contribution in [1.29, 1.82) is 0 Å². The first-order valence-electron chi connectivity index (χ1n) is 7.84. The number of nitrogens with zero attached hydrogens (tertiary/aromatic N) is 1. The Morgan fingerprint density at radius 2 is 1.92 bits per heavy atom. The number of aliphatic carboxylic acids is 1. The zero-order chi connectivity index (χ0) is 18.4. The Labute approximate surface area is 144 Å². The van der Waals surface area contributed by atoms with Crippen molar-refractivity contribution in [3.63, 3.8) is 0 Å². The molecule has 1 heterocycles. The van der Waals surface area contributed by atoms with Crippen molar-refractivity contribution >= 4 is 5.97 Å². The third kappa shape index (κ3) is 5.41. The van der Waals surface area contributed by atoms with E-state index in [1.54, 1.807) is 18.2 Å². The van der Waals surface area contributed by atoms with E-state index in [1.807, 2.05) is 13.8 Å². The molecular formula is C18H19F2NO4. The van der Waals surface area contributed by atoms with Crippen LogP contribution in [-0.4, -0.2) is 28.8 Å². The fourth-order valence-corrected chi connectivity index (χ4v) is 2.13. The maximum Gasteiger partial charge on any atom is 0.303 e. The van der Waals surface area contributed by atoms with Crippen LogP contribution in [0, 0.1) is 11.6 Å². The van der Waals surface area contributed by atoms with Gasteiger partial charge in [-0.15, -0.1) is 0 Å². The average Bonchev–Trinajstić information content (AvgIpc) is 2.52. The minimum Gasteiger partial charge on any atom is -0.488 e. The van der Waals surface area contributed by atoms with Gasteiger partial charge in [0, 0.05) is 18.1 Å². The minimum absolute atomic E-state index is 0.0715. The fourth-order valence-electron chi connectivity index (χ4n) is 2.13. The Bertz CT molecular complexity index is 727. The summed E-state index contributed by atoms with van der Waals surface area (Å²) in [7, 11) is 0. The van der Waals surface area contributed by atoms with E-state index >= 15 is 0 Å². The molecule has 0 aliphatic carbocycles. The molecule has 0 unspecified atom stereocenters. The number of hydrogen-bond acceptors (Lipinski definition) is 4. The van der Waals surface area contributed by atoms with Gasteiger partial charge in [-0.05, 0) is 38.5 Å². The minimum atomic E-state index is -0.991. The van der Waals surface area contributed by atoms with Gasteiger partial charge in [0.1, 0.15) is 0 Å². The van der Waals surface area contributed by atoms with Gasteiger partial charge in [0.15, 0.2) is 17.4 Å². The number of carboxylic acids is 1. The number of pyridine rings is 1. The Balaban J connectivity index is 2.17. The summed E-state index contributed by atoms with van der Waals surface area (Å²) in [6.45, 7) is 3.61. The molecule has 2 rings (SSSR count). The van der Waals surface area contributed by atoms with Gasteiger partial charge in [-0.1, -0.05) is 6.07 Å². The second-order valence-corrected chi connectivity index (χ2v) is 5.64. The molecule has 0 saturated heterocycles. The van der Waals surface area contributed by atoms with E-state index in [9.17, 15) is 13.6 Å². The van der Waals surface area contributed by atoms with Gasteiger partial charge in [0.2, 0.25) is 5.88 Å². The van der Waals surface area contributed by atoms with Crippen LogP contribution in [-0.2, 0) is 4.79 Å². The monoisotopic (exact) mass is 351 g/mol. The van der Waals surface area contributed by atoms with E-state index < -0.39 is 23.4 Å². The van der Waals surface area contributed by atoms with Crippen molar-refractivity contribution in [3.8, 4) is 22.9 Å². The highest BCUT2D eigenvalue weighted by Gasteiger charge is 2.15. The van der Waals surface area contributed by atoms with Crippen LogP contribution < -0.4 is 9.47 Å². The largest absolute Gasteiger partial charge is 0.488 e.